The quantitative estimate of drug-likeness (QED) is 0.814. The molecule has 0 amide bonds. The summed E-state index contributed by atoms with van der Waals surface area (Å²) in [5.74, 6) is 0.157. The molecule has 0 spiro atoms. The number of nitrogens with one attached hydrogen (secondary N) is 2. The first-order valence-corrected chi connectivity index (χ1v) is 9.57. The SMILES string of the molecule is CCCCc1ccc(NS(=O)(=O)CC2CCCCN2)cc1. The summed E-state index contributed by atoms with van der Waals surface area (Å²) in [6, 6.07) is 7.81. The van der Waals surface area contributed by atoms with Crippen LogP contribution >= 0.6 is 0 Å². The summed E-state index contributed by atoms with van der Waals surface area (Å²) in [5, 5.41) is 3.27. The standard InChI is InChI=1S/C16H26N2O2S/c1-2-3-6-14-8-10-15(11-9-14)18-21(19,20)13-16-7-4-5-12-17-16/h8-11,16-18H,2-7,12-13H2,1H3. The highest BCUT2D eigenvalue weighted by molar-refractivity contribution is 7.92. The number of rotatable bonds is 7. The maximum absolute atomic E-state index is 12.2. The Morgan fingerprint density at radius 2 is 2.00 bits per heavy atom. The molecule has 21 heavy (non-hydrogen) atoms. The van der Waals surface area contributed by atoms with Crippen molar-refractivity contribution in [1.29, 1.82) is 0 Å². The molecule has 1 aliphatic heterocycles. The van der Waals surface area contributed by atoms with E-state index in [0.717, 1.165) is 32.2 Å². The van der Waals surface area contributed by atoms with Gasteiger partial charge in [-0.2, -0.15) is 0 Å². The predicted molar refractivity (Wildman–Crippen MR) is 88.1 cm³/mol. The largest absolute Gasteiger partial charge is 0.313 e. The van der Waals surface area contributed by atoms with E-state index in [4.69, 9.17) is 0 Å². The fourth-order valence-electron chi connectivity index (χ4n) is 2.67. The van der Waals surface area contributed by atoms with Crippen LogP contribution in [0.1, 0.15) is 44.6 Å². The van der Waals surface area contributed by atoms with Crippen molar-refractivity contribution in [1.82, 2.24) is 5.32 Å². The first kappa shape index (κ1) is 16.3. The van der Waals surface area contributed by atoms with Crippen LogP contribution in [0.3, 0.4) is 0 Å². The van der Waals surface area contributed by atoms with Crippen molar-refractivity contribution in [3.05, 3.63) is 29.8 Å². The van der Waals surface area contributed by atoms with Crippen LogP contribution in [0.2, 0.25) is 0 Å². The molecule has 1 atom stereocenters. The number of benzene rings is 1. The van der Waals surface area contributed by atoms with Crippen LogP contribution in [0.15, 0.2) is 24.3 Å². The summed E-state index contributed by atoms with van der Waals surface area (Å²) in [7, 11) is -3.28. The van der Waals surface area contributed by atoms with Crippen LogP contribution in [-0.4, -0.2) is 26.8 Å². The molecule has 0 bridgehead atoms. The number of unbranched alkanes of at least 4 members (excludes halogenated alkanes) is 1. The Morgan fingerprint density at radius 1 is 1.24 bits per heavy atom. The minimum atomic E-state index is -3.28. The van der Waals surface area contributed by atoms with Crippen molar-refractivity contribution in [2.45, 2.75) is 51.5 Å². The van der Waals surface area contributed by atoms with E-state index in [1.807, 2.05) is 24.3 Å². The van der Waals surface area contributed by atoms with Crippen LogP contribution in [-0.2, 0) is 16.4 Å². The van der Waals surface area contributed by atoms with Gasteiger partial charge >= 0.3 is 0 Å². The van der Waals surface area contributed by atoms with E-state index in [-0.39, 0.29) is 11.8 Å². The smallest absolute Gasteiger partial charge is 0.234 e. The third-order valence-corrected chi connectivity index (χ3v) is 5.27. The Labute approximate surface area is 128 Å². The molecule has 5 heteroatoms. The first-order valence-electron chi connectivity index (χ1n) is 7.92. The third-order valence-electron chi connectivity index (χ3n) is 3.88. The van der Waals surface area contributed by atoms with E-state index in [1.54, 1.807) is 0 Å². The van der Waals surface area contributed by atoms with Gasteiger partial charge in [-0.3, -0.25) is 4.72 Å². The number of sulfonamides is 1. The van der Waals surface area contributed by atoms with E-state index in [2.05, 4.69) is 17.0 Å². The van der Waals surface area contributed by atoms with Gasteiger partial charge in [0.05, 0.1) is 5.75 Å². The van der Waals surface area contributed by atoms with Gasteiger partial charge in [-0.1, -0.05) is 31.9 Å². The zero-order valence-electron chi connectivity index (χ0n) is 12.8. The molecule has 1 heterocycles. The number of anilines is 1. The normalized spacial score (nSPS) is 19.4. The molecule has 2 N–H and O–H groups in total. The summed E-state index contributed by atoms with van der Waals surface area (Å²) in [6.07, 6.45) is 6.58. The highest BCUT2D eigenvalue weighted by Gasteiger charge is 2.20. The minimum absolute atomic E-state index is 0.0834. The zero-order valence-corrected chi connectivity index (χ0v) is 13.6. The van der Waals surface area contributed by atoms with Crippen molar-refractivity contribution in [3.63, 3.8) is 0 Å². The molecule has 1 fully saturated rings. The molecule has 118 valence electrons. The van der Waals surface area contributed by atoms with Gasteiger partial charge in [0, 0.05) is 11.7 Å². The van der Waals surface area contributed by atoms with Crippen molar-refractivity contribution < 1.29 is 8.42 Å². The van der Waals surface area contributed by atoms with Crippen molar-refractivity contribution in [2.75, 3.05) is 17.0 Å². The molecule has 0 aliphatic carbocycles. The lowest BCUT2D eigenvalue weighted by Crippen LogP contribution is -2.40. The molecule has 0 radical (unpaired) electrons. The Morgan fingerprint density at radius 3 is 2.62 bits per heavy atom. The monoisotopic (exact) mass is 310 g/mol. The van der Waals surface area contributed by atoms with Crippen LogP contribution in [0.25, 0.3) is 0 Å². The molecular formula is C16H26N2O2S. The van der Waals surface area contributed by atoms with E-state index in [0.29, 0.717) is 5.69 Å². The molecule has 1 aliphatic rings. The molecular weight excluding hydrogens is 284 g/mol. The summed E-state index contributed by atoms with van der Waals surface area (Å²) < 4.78 is 27.0. The lowest BCUT2D eigenvalue weighted by molar-refractivity contribution is 0.424. The lowest BCUT2D eigenvalue weighted by atomic mass is 10.1. The van der Waals surface area contributed by atoms with Gasteiger partial charge in [-0.05, 0) is 49.9 Å². The van der Waals surface area contributed by atoms with Gasteiger partial charge in [0.25, 0.3) is 0 Å². The molecule has 1 aromatic rings. The number of piperidine rings is 1. The number of hydrogen-bond acceptors (Lipinski definition) is 3. The summed E-state index contributed by atoms with van der Waals surface area (Å²) in [6.45, 7) is 3.09. The van der Waals surface area contributed by atoms with E-state index in [1.165, 1.54) is 18.4 Å². The van der Waals surface area contributed by atoms with Crippen LogP contribution in [0, 0.1) is 0 Å². The molecule has 1 aromatic carbocycles. The molecule has 4 nitrogen and oxygen atoms in total. The van der Waals surface area contributed by atoms with Crippen LogP contribution < -0.4 is 10.0 Å². The summed E-state index contributed by atoms with van der Waals surface area (Å²) in [4.78, 5) is 0. The van der Waals surface area contributed by atoms with Crippen molar-refractivity contribution >= 4 is 15.7 Å². The second-order valence-electron chi connectivity index (χ2n) is 5.83. The number of hydrogen-bond donors (Lipinski definition) is 2. The summed E-state index contributed by atoms with van der Waals surface area (Å²) in [5.41, 5.74) is 1.92. The highest BCUT2D eigenvalue weighted by Crippen LogP contribution is 2.15. The van der Waals surface area contributed by atoms with Gasteiger partial charge in [-0.25, -0.2) is 8.42 Å². The van der Waals surface area contributed by atoms with Crippen LogP contribution in [0.4, 0.5) is 5.69 Å². The maximum Gasteiger partial charge on any atom is 0.234 e. The fourth-order valence-corrected chi connectivity index (χ4v) is 4.07. The average Bonchev–Trinajstić information content (AvgIpc) is 2.47. The Bertz CT molecular complexity index is 520. The van der Waals surface area contributed by atoms with Crippen molar-refractivity contribution in [2.24, 2.45) is 0 Å². The second-order valence-corrected chi connectivity index (χ2v) is 7.60. The highest BCUT2D eigenvalue weighted by atomic mass is 32.2. The fraction of sp³-hybridized carbons (Fsp3) is 0.625. The van der Waals surface area contributed by atoms with Crippen LogP contribution in [0.5, 0.6) is 0 Å². The van der Waals surface area contributed by atoms with Gasteiger partial charge in [0.1, 0.15) is 0 Å². The van der Waals surface area contributed by atoms with Gasteiger partial charge in [0.15, 0.2) is 0 Å². The minimum Gasteiger partial charge on any atom is -0.313 e. The Hall–Kier alpha value is -1.07. The molecule has 2 rings (SSSR count). The van der Waals surface area contributed by atoms with E-state index >= 15 is 0 Å². The lowest BCUT2D eigenvalue weighted by Gasteiger charge is -2.23. The number of aryl methyl sites for hydroxylation is 1. The van der Waals surface area contributed by atoms with Crippen molar-refractivity contribution in [3.8, 4) is 0 Å². The van der Waals surface area contributed by atoms with E-state index in [9.17, 15) is 8.42 Å². The predicted octanol–water partition coefficient (Wildman–Crippen LogP) is 2.91. The van der Waals surface area contributed by atoms with Gasteiger partial charge < -0.3 is 5.32 Å². The Kier molecular flexibility index (Phi) is 6.06. The summed E-state index contributed by atoms with van der Waals surface area (Å²) >= 11 is 0. The average molecular weight is 310 g/mol. The van der Waals surface area contributed by atoms with E-state index < -0.39 is 10.0 Å². The maximum atomic E-state index is 12.2. The first-order chi connectivity index (χ1) is 10.1. The molecule has 1 unspecified atom stereocenters. The molecule has 0 aromatic heterocycles. The van der Waals surface area contributed by atoms with Gasteiger partial charge in [0.2, 0.25) is 10.0 Å². The zero-order chi connectivity index (χ0) is 15.1. The second kappa shape index (κ2) is 7.80. The third kappa shape index (κ3) is 5.67. The molecule has 1 saturated heterocycles. The van der Waals surface area contributed by atoms with Gasteiger partial charge in [-0.15, -0.1) is 0 Å². The topological polar surface area (TPSA) is 58.2 Å². The molecule has 0 saturated carbocycles. The Balaban J connectivity index is 1.89.